The second kappa shape index (κ2) is 10.6. The van der Waals surface area contributed by atoms with Gasteiger partial charge in [-0.1, -0.05) is 25.1 Å². The summed E-state index contributed by atoms with van der Waals surface area (Å²) in [5, 5.41) is 6.63. The van der Waals surface area contributed by atoms with E-state index in [9.17, 15) is 8.78 Å². The molecule has 2 aromatic carbocycles. The average Bonchev–Trinajstić information content (AvgIpc) is 2.79. The molecule has 32 heavy (non-hydrogen) atoms. The Labute approximate surface area is 187 Å². The summed E-state index contributed by atoms with van der Waals surface area (Å²) >= 11 is 0. The predicted molar refractivity (Wildman–Crippen MR) is 123 cm³/mol. The van der Waals surface area contributed by atoms with Gasteiger partial charge in [0.05, 0.1) is 5.69 Å². The molecule has 2 heterocycles. The molecular formula is C25H29F2N5. The maximum Gasteiger partial charge on any atom is 0.223 e. The Morgan fingerprint density at radius 1 is 1.09 bits per heavy atom. The molecule has 1 aliphatic rings. The van der Waals surface area contributed by atoms with Crippen LogP contribution in [0.25, 0.3) is 11.3 Å². The highest BCUT2D eigenvalue weighted by Crippen LogP contribution is 2.21. The Hall–Kier alpha value is -2.90. The zero-order valence-corrected chi connectivity index (χ0v) is 18.3. The molecule has 1 aromatic heterocycles. The first-order valence-electron chi connectivity index (χ1n) is 11.2. The summed E-state index contributed by atoms with van der Waals surface area (Å²) in [6.07, 6.45) is 3.33. The topological polar surface area (TPSA) is 53.1 Å². The molecule has 0 bridgehead atoms. The molecule has 0 aliphatic carbocycles. The highest BCUT2D eigenvalue weighted by atomic mass is 19.1. The van der Waals surface area contributed by atoms with E-state index in [0.29, 0.717) is 30.5 Å². The molecular weight excluding hydrogens is 408 g/mol. The summed E-state index contributed by atoms with van der Waals surface area (Å²) in [5.41, 5.74) is 3.75. The number of halogens is 2. The van der Waals surface area contributed by atoms with E-state index in [1.807, 2.05) is 6.07 Å². The molecule has 0 spiro atoms. The summed E-state index contributed by atoms with van der Waals surface area (Å²) in [6, 6.07) is 14.5. The second-order valence-corrected chi connectivity index (χ2v) is 8.16. The van der Waals surface area contributed by atoms with Gasteiger partial charge in [-0.3, -0.25) is 4.90 Å². The Balaban J connectivity index is 1.41. The highest BCUT2D eigenvalue weighted by molar-refractivity contribution is 5.61. The molecule has 1 unspecified atom stereocenters. The number of piperazine rings is 1. The lowest BCUT2D eigenvalue weighted by atomic mass is 10.1. The van der Waals surface area contributed by atoms with E-state index in [2.05, 4.69) is 56.7 Å². The standard InChI is InChI=1S/C25H29F2N5/c1-2-23-16-28-10-11-32(23)17-19-4-3-5-20(12-19)24-7-9-30-25(31-24)29-8-6-18-13-21(26)15-22(27)14-18/h3-5,7,9,12-15,23,28H,2,6,8,10-11,16-17H2,1H3,(H,29,30,31). The van der Waals surface area contributed by atoms with Gasteiger partial charge in [0, 0.05) is 56.6 Å². The number of hydrogen-bond acceptors (Lipinski definition) is 5. The first kappa shape index (κ1) is 22.3. The fourth-order valence-corrected chi connectivity index (χ4v) is 4.16. The smallest absolute Gasteiger partial charge is 0.223 e. The average molecular weight is 438 g/mol. The minimum absolute atomic E-state index is 0.473. The van der Waals surface area contributed by atoms with Crippen LogP contribution in [0.3, 0.4) is 0 Å². The summed E-state index contributed by atoms with van der Waals surface area (Å²) in [4.78, 5) is 11.5. The van der Waals surface area contributed by atoms with Gasteiger partial charge in [0.1, 0.15) is 11.6 Å². The van der Waals surface area contributed by atoms with E-state index in [-0.39, 0.29) is 0 Å². The van der Waals surface area contributed by atoms with Crippen molar-refractivity contribution >= 4 is 5.95 Å². The van der Waals surface area contributed by atoms with Crippen LogP contribution >= 0.6 is 0 Å². The fourth-order valence-electron chi connectivity index (χ4n) is 4.16. The van der Waals surface area contributed by atoms with Crippen LogP contribution in [0, 0.1) is 11.6 Å². The monoisotopic (exact) mass is 437 g/mol. The number of nitrogens with zero attached hydrogens (tertiary/aromatic N) is 3. The molecule has 0 saturated carbocycles. The van der Waals surface area contributed by atoms with E-state index in [4.69, 9.17) is 0 Å². The van der Waals surface area contributed by atoms with Crippen molar-refractivity contribution in [2.75, 3.05) is 31.5 Å². The lowest BCUT2D eigenvalue weighted by Gasteiger charge is -2.35. The van der Waals surface area contributed by atoms with Crippen molar-refractivity contribution in [3.8, 4) is 11.3 Å². The minimum Gasteiger partial charge on any atom is -0.354 e. The van der Waals surface area contributed by atoms with Crippen molar-refractivity contribution in [3.63, 3.8) is 0 Å². The van der Waals surface area contributed by atoms with E-state index >= 15 is 0 Å². The summed E-state index contributed by atoms with van der Waals surface area (Å²) in [5.74, 6) is -0.633. The molecule has 1 atom stereocenters. The molecule has 3 aromatic rings. The van der Waals surface area contributed by atoms with Gasteiger partial charge in [-0.25, -0.2) is 18.7 Å². The van der Waals surface area contributed by atoms with Gasteiger partial charge in [0.2, 0.25) is 5.95 Å². The van der Waals surface area contributed by atoms with Gasteiger partial charge < -0.3 is 10.6 Å². The largest absolute Gasteiger partial charge is 0.354 e. The van der Waals surface area contributed by atoms with Crippen LogP contribution in [-0.2, 0) is 13.0 Å². The Kier molecular flexibility index (Phi) is 7.39. The number of rotatable bonds is 8. The molecule has 0 radical (unpaired) electrons. The maximum absolute atomic E-state index is 13.3. The van der Waals surface area contributed by atoms with Crippen LogP contribution in [0.1, 0.15) is 24.5 Å². The van der Waals surface area contributed by atoms with Crippen molar-refractivity contribution in [1.82, 2.24) is 20.2 Å². The number of nitrogens with one attached hydrogen (secondary N) is 2. The van der Waals surface area contributed by atoms with E-state index in [0.717, 1.165) is 49.9 Å². The Morgan fingerprint density at radius 3 is 2.75 bits per heavy atom. The van der Waals surface area contributed by atoms with Gasteiger partial charge in [0.25, 0.3) is 0 Å². The second-order valence-electron chi connectivity index (χ2n) is 8.16. The fraction of sp³-hybridized carbons (Fsp3) is 0.360. The molecule has 0 amide bonds. The van der Waals surface area contributed by atoms with Crippen LogP contribution in [0.5, 0.6) is 0 Å². The zero-order valence-electron chi connectivity index (χ0n) is 18.3. The van der Waals surface area contributed by atoms with Crippen molar-refractivity contribution in [2.45, 2.75) is 32.4 Å². The third-order valence-corrected chi connectivity index (χ3v) is 5.83. The molecule has 1 fully saturated rings. The zero-order chi connectivity index (χ0) is 22.3. The summed E-state index contributed by atoms with van der Waals surface area (Å²) in [7, 11) is 0. The number of aromatic nitrogens is 2. The van der Waals surface area contributed by atoms with E-state index in [1.165, 1.54) is 17.7 Å². The van der Waals surface area contributed by atoms with Crippen LogP contribution < -0.4 is 10.6 Å². The Bertz CT molecular complexity index is 1020. The molecule has 1 aliphatic heterocycles. The van der Waals surface area contributed by atoms with Gasteiger partial charge >= 0.3 is 0 Å². The molecule has 7 heteroatoms. The third kappa shape index (κ3) is 5.87. The van der Waals surface area contributed by atoms with Crippen molar-refractivity contribution in [1.29, 1.82) is 0 Å². The number of hydrogen-bond donors (Lipinski definition) is 2. The summed E-state index contributed by atoms with van der Waals surface area (Å²) in [6.45, 7) is 6.77. The van der Waals surface area contributed by atoms with E-state index in [1.54, 1.807) is 6.20 Å². The van der Waals surface area contributed by atoms with Crippen LogP contribution in [0.2, 0.25) is 0 Å². The molecule has 4 rings (SSSR count). The van der Waals surface area contributed by atoms with Gasteiger partial charge in [0.15, 0.2) is 0 Å². The number of anilines is 1. The molecule has 2 N–H and O–H groups in total. The van der Waals surface area contributed by atoms with Gasteiger partial charge in [-0.2, -0.15) is 0 Å². The molecule has 5 nitrogen and oxygen atoms in total. The number of benzene rings is 2. The highest BCUT2D eigenvalue weighted by Gasteiger charge is 2.20. The third-order valence-electron chi connectivity index (χ3n) is 5.83. The Morgan fingerprint density at radius 2 is 1.94 bits per heavy atom. The summed E-state index contributed by atoms with van der Waals surface area (Å²) < 4.78 is 26.7. The van der Waals surface area contributed by atoms with Crippen molar-refractivity contribution in [3.05, 3.63) is 77.5 Å². The SMILES string of the molecule is CCC1CNCCN1Cc1cccc(-c2ccnc(NCCc3cc(F)cc(F)c3)n2)c1. The van der Waals surface area contributed by atoms with Gasteiger partial charge in [-0.05, 0) is 48.2 Å². The van der Waals surface area contributed by atoms with Gasteiger partial charge in [-0.15, -0.1) is 0 Å². The molecule has 1 saturated heterocycles. The maximum atomic E-state index is 13.3. The quantitative estimate of drug-likeness (QED) is 0.552. The predicted octanol–water partition coefficient (Wildman–Crippen LogP) is 4.26. The lowest BCUT2D eigenvalue weighted by molar-refractivity contribution is 0.149. The van der Waals surface area contributed by atoms with Crippen molar-refractivity contribution in [2.24, 2.45) is 0 Å². The first-order chi connectivity index (χ1) is 15.6. The first-order valence-corrected chi connectivity index (χ1v) is 11.2. The minimum atomic E-state index is -0.566. The lowest BCUT2D eigenvalue weighted by Crippen LogP contribution is -2.50. The van der Waals surface area contributed by atoms with E-state index < -0.39 is 11.6 Å². The normalized spacial score (nSPS) is 16.8. The van der Waals surface area contributed by atoms with Crippen LogP contribution in [0.15, 0.2) is 54.7 Å². The van der Waals surface area contributed by atoms with Crippen LogP contribution in [-0.4, -0.2) is 47.1 Å². The van der Waals surface area contributed by atoms with Crippen molar-refractivity contribution < 1.29 is 8.78 Å². The van der Waals surface area contributed by atoms with Crippen LogP contribution in [0.4, 0.5) is 14.7 Å². The molecule has 168 valence electrons.